The zero-order chi connectivity index (χ0) is 13.7. The van der Waals surface area contributed by atoms with Crippen LogP contribution >= 0.6 is 7.37 Å². The summed E-state index contributed by atoms with van der Waals surface area (Å²) in [6.07, 6.45) is 7.18. The van der Waals surface area contributed by atoms with Gasteiger partial charge in [0.15, 0.2) is 0 Å². The molecule has 1 atom stereocenters. The standard InChI is InChI=1S/C13H25N2O3P/c16-13-7-3-1-6-10-15(13)12-19(17,18)11-14-8-4-2-5-9-14/h1-12H2,(H,17,18). The average Bonchev–Trinajstić information content (AvgIpc) is 2.55. The molecule has 0 radical (unpaired) electrons. The van der Waals surface area contributed by atoms with Gasteiger partial charge < -0.3 is 9.79 Å². The molecule has 6 heteroatoms. The van der Waals surface area contributed by atoms with E-state index in [0.717, 1.165) is 45.2 Å². The third kappa shape index (κ3) is 4.90. The quantitative estimate of drug-likeness (QED) is 0.804. The van der Waals surface area contributed by atoms with Crippen molar-refractivity contribution in [1.29, 1.82) is 0 Å². The van der Waals surface area contributed by atoms with Crippen LogP contribution in [-0.4, -0.2) is 52.8 Å². The molecule has 0 aromatic rings. The van der Waals surface area contributed by atoms with Gasteiger partial charge in [-0.15, -0.1) is 0 Å². The first kappa shape index (κ1) is 15.0. The number of hydrogen-bond acceptors (Lipinski definition) is 3. The van der Waals surface area contributed by atoms with Gasteiger partial charge >= 0.3 is 0 Å². The predicted molar refractivity (Wildman–Crippen MR) is 75.2 cm³/mol. The van der Waals surface area contributed by atoms with Crippen LogP contribution in [0.3, 0.4) is 0 Å². The molecule has 1 N–H and O–H groups in total. The Morgan fingerprint density at radius 2 is 1.58 bits per heavy atom. The lowest BCUT2D eigenvalue weighted by molar-refractivity contribution is -0.129. The molecule has 1 amide bonds. The molecule has 0 bridgehead atoms. The first-order chi connectivity index (χ1) is 9.07. The minimum Gasteiger partial charge on any atom is -0.342 e. The maximum Gasteiger partial charge on any atom is 0.232 e. The van der Waals surface area contributed by atoms with E-state index < -0.39 is 7.37 Å². The van der Waals surface area contributed by atoms with Gasteiger partial charge in [-0.2, -0.15) is 0 Å². The molecular weight excluding hydrogens is 263 g/mol. The average molecular weight is 288 g/mol. The second-order valence-corrected chi connectivity index (χ2v) is 8.03. The van der Waals surface area contributed by atoms with E-state index in [9.17, 15) is 14.3 Å². The Hall–Kier alpha value is -0.380. The molecule has 1 unspecified atom stereocenters. The van der Waals surface area contributed by atoms with Crippen molar-refractivity contribution < 1.29 is 14.3 Å². The Morgan fingerprint density at radius 1 is 0.947 bits per heavy atom. The highest BCUT2D eigenvalue weighted by molar-refractivity contribution is 7.57. The van der Waals surface area contributed by atoms with Gasteiger partial charge in [0.25, 0.3) is 0 Å². The molecule has 0 aliphatic carbocycles. The molecular formula is C13H25N2O3P. The van der Waals surface area contributed by atoms with E-state index in [1.165, 1.54) is 6.42 Å². The number of hydrogen-bond donors (Lipinski definition) is 1. The summed E-state index contributed by atoms with van der Waals surface area (Å²) < 4.78 is 12.3. The van der Waals surface area contributed by atoms with E-state index in [-0.39, 0.29) is 18.5 Å². The van der Waals surface area contributed by atoms with Crippen molar-refractivity contribution in [3.63, 3.8) is 0 Å². The molecule has 2 aliphatic heterocycles. The fourth-order valence-corrected chi connectivity index (χ4v) is 4.74. The summed E-state index contributed by atoms with van der Waals surface area (Å²) in [7, 11) is -3.26. The second kappa shape index (κ2) is 6.87. The van der Waals surface area contributed by atoms with Gasteiger partial charge in [0.2, 0.25) is 13.3 Å². The van der Waals surface area contributed by atoms with Gasteiger partial charge in [-0.05, 0) is 38.8 Å². The van der Waals surface area contributed by atoms with E-state index in [1.54, 1.807) is 4.90 Å². The molecule has 2 saturated heterocycles. The summed E-state index contributed by atoms with van der Waals surface area (Å²) in [5.41, 5.74) is 0. The third-order valence-corrected chi connectivity index (χ3v) is 5.56. The van der Waals surface area contributed by atoms with Crippen molar-refractivity contribution in [3.05, 3.63) is 0 Å². The van der Waals surface area contributed by atoms with Gasteiger partial charge in [-0.3, -0.25) is 14.3 Å². The minimum absolute atomic E-state index is 0.0440. The van der Waals surface area contributed by atoms with Crippen LogP contribution in [0.2, 0.25) is 0 Å². The van der Waals surface area contributed by atoms with Gasteiger partial charge in [-0.25, -0.2) is 0 Å². The Balaban J connectivity index is 1.87. The summed E-state index contributed by atoms with van der Waals surface area (Å²) in [5, 5.41) is 0. The summed E-state index contributed by atoms with van der Waals surface area (Å²) in [6.45, 7) is 2.47. The van der Waals surface area contributed by atoms with Crippen LogP contribution in [0.5, 0.6) is 0 Å². The van der Waals surface area contributed by atoms with Crippen LogP contribution in [0.4, 0.5) is 0 Å². The summed E-state index contributed by atoms with van der Waals surface area (Å²) >= 11 is 0. The summed E-state index contributed by atoms with van der Waals surface area (Å²) in [4.78, 5) is 25.7. The van der Waals surface area contributed by atoms with E-state index in [4.69, 9.17) is 0 Å². The molecule has 5 nitrogen and oxygen atoms in total. The van der Waals surface area contributed by atoms with E-state index >= 15 is 0 Å². The lowest BCUT2D eigenvalue weighted by Gasteiger charge is -2.30. The number of amides is 1. The van der Waals surface area contributed by atoms with Crippen LogP contribution in [0.15, 0.2) is 0 Å². The second-order valence-electron chi connectivity index (χ2n) is 5.78. The number of nitrogens with zero attached hydrogens (tertiary/aromatic N) is 2. The predicted octanol–water partition coefficient (Wildman–Crippen LogP) is 2.06. The van der Waals surface area contributed by atoms with Gasteiger partial charge in [0, 0.05) is 13.0 Å². The van der Waals surface area contributed by atoms with Crippen molar-refractivity contribution >= 4 is 13.3 Å². The molecule has 0 aromatic carbocycles. The van der Waals surface area contributed by atoms with Crippen LogP contribution in [0, 0.1) is 0 Å². The number of likely N-dealkylation sites (tertiary alicyclic amines) is 2. The lowest BCUT2D eigenvalue weighted by atomic mass is 10.1. The number of rotatable bonds is 4. The molecule has 110 valence electrons. The smallest absolute Gasteiger partial charge is 0.232 e. The van der Waals surface area contributed by atoms with Crippen molar-refractivity contribution in [2.75, 3.05) is 32.2 Å². The maximum atomic E-state index is 12.3. The highest BCUT2D eigenvalue weighted by atomic mass is 31.2. The molecule has 2 fully saturated rings. The topological polar surface area (TPSA) is 60.9 Å². The molecule has 0 spiro atoms. The number of carbonyl (C=O) groups is 1. The van der Waals surface area contributed by atoms with Crippen LogP contribution < -0.4 is 0 Å². The zero-order valence-electron chi connectivity index (χ0n) is 11.6. The first-order valence-corrected chi connectivity index (χ1v) is 9.41. The third-order valence-electron chi connectivity index (χ3n) is 3.93. The van der Waals surface area contributed by atoms with Crippen molar-refractivity contribution in [2.24, 2.45) is 0 Å². The molecule has 0 aromatic heterocycles. The van der Waals surface area contributed by atoms with Gasteiger partial charge in [0.05, 0.1) is 12.6 Å². The van der Waals surface area contributed by atoms with Crippen molar-refractivity contribution in [3.8, 4) is 0 Å². The zero-order valence-corrected chi connectivity index (χ0v) is 12.5. The number of piperidine rings is 1. The Bertz CT molecular complexity index is 356. The molecule has 2 rings (SSSR count). The SMILES string of the molecule is O=C1CCCCCN1CP(=O)(O)CN1CCCCC1. The molecule has 0 saturated carbocycles. The van der Waals surface area contributed by atoms with E-state index in [2.05, 4.69) is 4.90 Å². The lowest BCUT2D eigenvalue weighted by Crippen LogP contribution is -2.35. The fraction of sp³-hybridized carbons (Fsp3) is 0.923. The normalized spacial score (nSPS) is 25.9. The number of carbonyl (C=O) groups excluding carboxylic acids is 1. The van der Waals surface area contributed by atoms with Gasteiger partial charge in [-0.1, -0.05) is 12.8 Å². The minimum atomic E-state index is -3.26. The first-order valence-electron chi connectivity index (χ1n) is 7.38. The monoisotopic (exact) mass is 288 g/mol. The van der Waals surface area contributed by atoms with E-state index in [0.29, 0.717) is 13.0 Å². The van der Waals surface area contributed by atoms with Crippen LogP contribution in [0.25, 0.3) is 0 Å². The van der Waals surface area contributed by atoms with Crippen molar-refractivity contribution in [2.45, 2.75) is 44.9 Å². The summed E-state index contributed by atoms with van der Waals surface area (Å²) in [6, 6.07) is 0. The van der Waals surface area contributed by atoms with Gasteiger partial charge in [0.1, 0.15) is 0 Å². The highest BCUT2D eigenvalue weighted by Gasteiger charge is 2.29. The Kier molecular flexibility index (Phi) is 5.43. The molecule has 19 heavy (non-hydrogen) atoms. The Morgan fingerprint density at radius 3 is 2.32 bits per heavy atom. The largest absolute Gasteiger partial charge is 0.342 e. The van der Waals surface area contributed by atoms with Crippen LogP contribution in [-0.2, 0) is 9.36 Å². The van der Waals surface area contributed by atoms with E-state index in [1.807, 2.05) is 0 Å². The van der Waals surface area contributed by atoms with Crippen LogP contribution in [0.1, 0.15) is 44.9 Å². The molecule has 2 heterocycles. The highest BCUT2D eigenvalue weighted by Crippen LogP contribution is 2.42. The molecule has 2 aliphatic rings. The van der Waals surface area contributed by atoms with Crippen molar-refractivity contribution in [1.82, 2.24) is 9.80 Å². The summed E-state index contributed by atoms with van der Waals surface area (Å²) in [5.74, 6) is 0.0467. The Labute approximate surface area is 115 Å². The maximum absolute atomic E-state index is 12.3. The fourth-order valence-electron chi connectivity index (χ4n) is 2.91.